The lowest BCUT2D eigenvalue weighted by Crippen LogP contribution is -2.52. The summed E-state index contributed by atoms with van der Waals surface area (Å²) >= 11 is 0. The van der Waals surface area contributed by atoms with E-state index in [0.29, 0.717) is 17.5 Å². The number of likely N-dealkylation sites (tertiary alicyclic amines) is 1. The number of nitrogens with zero attached hydrogens (tertiary/aromatic N) is 1. The highest BCUT2D eigenvalue weighted by Crippen LogP contribution is 2.43. The lowest BCUT2D eigenvalue weighted by atomic mass is 9.69. The van der Waals surface area contributed by atoms with Crippen LogP contribution in [-0.4, -0.2) is 30.1 Å². The minimum Gasteiger partial charge on any atom is -0.326 e. The Kier molecular flexibility index (Phi) is 3.68. The van der Waals surface area contributed by atoms with Crippen LogP contribution in [0.15, 0.2) is 0 Å². The van der Waals surface area contributed by atoms with Gasteiger partial charge in [-0.05, 0) is 55.3 Å². The molecule has 3 aliphatic rings. The summed E-state index contributed by atoms with van der Waals surface area (Å²) < 4.78 is 0. The maximum absolute atomic E-state index is 6.47. The summed E-state index contributed by atoms with van der Waals surface area (Å²) in [6.07, 6.45) is 8.34. The van der Waals surface area contributed by atoms with Crippen molar-refractivity contribution in [2.24, 2.45) is 28.9 Å². The fourth-order valence-electron chi connectivity index (χ4n) is 4.92. The van der Waals surface area contributed by atoms with Crippen LogP contribution in [-0.2, 0) is 0 Å². The van der Waals surface area contributed by atoms with Gasteiger partial charge in [-0.1, -0.05) is 27.2 Å². The van der Waals surface area contributed by atoms with E-state index in [2.05, 4.69) is 25.7 Å². The minimum atomic E-state index is 0.428. The normalized spacial score (nSPS) is 44.5. The first-order valence-electron chi connectivity index (χ1n) is 8.45. The van der Waals surface area contributed by atoms with E-state index in [9.17, 15) is 0 Å². The van der Waals surface area contributed by atoms with Crippen LogP contribution >= 0.6 is 0 Å². The molecule has 0 spiro atoms. The Morgan fingerprint density at radius 1 is 0.947 bits per heavy atom. The van der Waals surface area contributed by atoms with Gasteiger partial charge in [0, 0.05) is 25.2 Å². The van der Waals surface area contributed by atoms with Crippen molar-refractivity contribution in [3.8, 4) is 0 Å². The topological polar surface area (TPSA) is 29.3 Å². The molecular weight excluding hydrogens is 232 g/mol. The third-order valence-electron chi connectivity index (χ3n) is 6.32. The van der Waals surface area contributed by atoms with Crippen molar-refractivity contribution in [2.45, 2.75) is 71.4 Å². The molecule has 0 radical (unpaired) electrons. The van der Waals surface area contributed by atoms with Gasteiger partial charge in [0.1, 0.15) is 0 Å². The standard InChI is InChI=1S/C17H32N2/c1-17(2,3)14-7-8-15(18)16(9-14)19-10-12-5-4-6-13(12)11-19/h12-16H,4-11,18H2,1-3H3. The van der Waals surface area contributed by atoms with Crippen molar-refractivity contribution < 1.29 is 0 Å². The zero-order valence-electron chi connectivity index (χ0n) is 13.1. The van der Waals surface area contributed by atoms with E-state index in [0.717, 1.165) is 17.8 Å². The molecule has 2 N–H and O–H groups in total. The molecule has 0 bridgehead atoms. The Morgan fingerprint density at radius 2 is 1.58 bits per heavy atom. The summed E-state index contributed by atoms with van der Waals surface area (Å²) in [4.78, 5) is 2.77. The Hall–Kier alpha value is -0.0800. The molecule has 1 aliphatic heterocycles. The maximum Gasteiger partial charge on any atom is 0.0250 e. The van der Waals surface area contributed by atoms with Crippen LogP contribution in [0.2, 0.25) is 0 Å². The van der Waals surface area contributed by atoms with Crippen molar-refractivity contribution in [2.75, 3.05) is 13.1 Å². The van der Waals surface area contributed by atoms with Crippen molar-refractivity contribution in [1.29, 1.82) is 0 Å². The average molecular weight is 264 g/mol. The zero-order chi connectivity index (χ0) is 13.6. The Balaban J connectivity index is 1.66. The van der Waals surface area contributed by atoms with Gasteiger partial charge in [-0.25, -0.2) is 0 Å². The first-order valence-corrected chi connectivity index (χ1v) is 8.45. The van der Waals surface area contributed by atoms with Gasteiger partial charge in [0.25, 0.3) is 0 Å². The van der Waals surface area contributed by atoms with Crippen LogP contribution in [0.4, 0.5) is 0 Å². The number of hydrogen-bond donors (Lipinski definition) is 1. The second-order valence-corrected chi connectivity index (χ2v) is 8.51. The molecule has 0 amide bonds. The molecule has 0 aromatic carbocycles. The van der Waals surface area contributed by atoms with E-state index >= 15 is 0 Å². The molecule has 2 saturated carbocycles. The van der Waals surface area contributed by atoms with Crippen molar-refractivity contribution in [3.63, 3.8) is 0 Å². The van der Waals surface area contributed by atoms with Gasteiger partial charge in [-0.2, -0.15) is 0 Å². The van der Waals surface area contributed by atoms with Crippen LogP contribution in [0.25, 0.3) is 0 Å². The molecule has 3 fully saturated rings. The zero-order valence-corrected chi connectivity index (χ0v) is 13.1. The van der Waals surface area contributed by atoms with Crippen LogP contribution in [0.1, 0.15) is 59.3 Å². The fraction of sp³-hybridized carbons (Fsp3) is 1.00. The van der Waals surface area contributed by atoms with Gasteiger partial charge in [0.15, 0.2) is 0 Å². The van der Waals surface area contributed by atoms with E-state index in [1.165, 1.54) is 51.6 Å². The van der Waals surface area contributed by atoms with Crippen molar-refractivity contribution >= 4 is 0 Å². The molecule has 5 atom stereocenters. The largest absolute Gasteiger partial charge is 0.326 e. The number of rotatable bonds is 1. The summed E-state index contributed by atoms with van der Waals surface area (Å²) in [5.41, 5.74) is 6.93. The first kappa shape index (κ1) is 13.9. The highest BCUT2D eigenvalue weighted by Gasteiger charge is 2.43. The molecule has 2 aliphatic carbocycles. The first-order chi connectivity index (χ1) is 8.95. The predicted molar refractivity (Wildman–Crippen MR) is 81.0 cm³/mol. The van der Waals surface area contributed by atoms with Crippen molar-refractivity contribution in [3.05, 3.63) is 0 Å². The third-order valence-corrected chi connectivity index (χ3v) is 6.32. The lowest BCUT2D eigenvalue weighted by Gasteiger charge is -2.44. The second-order valence-electron chi connectivity index (χ2n) is 8.51. The molecule has 2 nitrogen and oxygen atoms in total. The molecule has 5 unspecified atom stereocenters. The summed E-state index contributed by atoms with van der Waals surface area (Å²) in [6, 6.07) is 1.10. The van der Waals surface area contributed by atoms with Gasteiger partial charge >= 0.3 is 0 Å². The molecule has 0 aromatic rings. The van der Waals surface area contributed by atoms with Gasteiger partial charge in [0.05, 0.1) is 0 Å². The van der Waals surface area contributed by atoms with Gasteiger partial charge in [0.2, 0.25) is 0 Å². The quantitative estimate of drug-likeness (QED) is 0.787. The molecule has 3 rings (SSSR count). The van der Waals surface area contributed by atoms with E-state index in [4.69, 9.17) is 5.73 Å². The molecule has 19 heavy (non-hydrogen) atoms. The Bertz CT molecular complexity index is 308. The minimum absolute atomic E-state index is 0.428. The monoisotopic (exact) mass is 264 g/mol. The van der Waals surface area contributed by atoms with E-state index in [1.54, 1.807) is 0 Å². The highest BCUT2D eigenvalue weighted by atomic mass is 15.2. The van der Waals surface area contributed by atoms with Gasteiger partial charge in [-0.3, -0.25) is 4.90 Å². The summed E-state index contributed by atoms with van der Waals surface area (Å²) in [5, 5.41) is 0. The van der Waals surface area contributed by atoms with Crippen LogP contribution in [0.5, 0.6) is 0 Å². The summed E-state index contributed by atoms with van der Waals surface area (Å²) in [5.74, 6) is 2.86. The number of nitrogens with two attached hydrogens (primary N) is 1. The van der Waals surface area contributed by atoms with E-state index in [1.807, 2.05) is 0 Å². The number of fused-ring (bicyclic) bond motifs is 1. The molecular formula is C17H32N2. The summed E-state index contributed by atoms with van der Waals surface area (Å²) in [7, 11) is 0. The highest BCUT2D eigenvalue weighted by molar-refractivity contribution is 4.98. The van der Waals surface area contributed by atoms with Crippen molar-refractivity contribution in [1.82, 2.24) is 4.90 Å². The molecule has 2 heteroatoms. The van der Waals surface area contributed by atoms with Crippen LogP contribution in [0.3, 0.4) is 0 Å². The Morgan fingerprint density at radius 3 is 2.16 bits per heavy atom. The van der Waals surface area contributed by atoms with E-state index in [-0.39, 0.29) is 0 Å². The van der Waals surface area contributed by atoms with Crippen LogP contribution < -0.4 is 5.73 Å². The van der Waals surface area contributed by atoms with Gasteiger partial charge in [-0.15, -0.1) is 0 Å². The smallest absolute Gasteiger partial charge is 0.0250 e. The van der Waals surface area contributed by atoms with E-state index < -0.39 is 0 Å². The third kappa shape index (κ3) is 2.71. The second kappa shape index (κ2) is 5.04. The molecule has 110 valence electrons. The molecule has 0 aromatic heterocycles. The molecule has 1 saturated heterocycles. The molecule has 1 heterocycles. The van der Waals surface area contributed by atoms with Crippen LogP contribution in [0, 0.1) is 23.2 Å². The fourth-order valence-corrected chi connectivity index (χ4v) is 4.92. The number of hydrogen-bond acceptors (Lipinski definition) is 2. The lowest BCUT2D eigenvalue weighted by molar-refractivity contribution is 0.0786. The Labute approximate surface area is 119 Å². The average Bonchev–Trinajstić information content (AvgIpc) is 2.88. The summed E-state index contributed by atoms with van der Waals surface area (Å²) in [6.45, 7) is 9.92. The SMILES string of the molecule is CC(C)(C)C1CCC(N)C(N2CC3CCCC3C2)C1. The maximum atomic E-state index is 6.47. The van der Waals surface area contributed by atoms with Gasteiger partial charge < -0.3 is 5.73 Å². The predicted octanol–water partition coefficient (Wildman–Crippen LogP) is 3.26.